The highest BCUT2D eigenvalue weighted by Gasteiger charge is 2.07. The Hall–Kier alpha value is -3.78. The first kappa shape index (κ1) is 24.3. The number of aryl methyl sites for hydroxylation is 2. The number of pyridine rings is 1. The summed E-state index contributed by atoms with van der Waals surface area (Å²) in [5, 5.41) is 0.728. The van der Waals surface area contributed by atoms with Crippen LogP contribution in [0.3, 0.4) is 0 Å². The molecular formula is C30H26F3NO. The van der Waals surface area contributed by atoms with E-state index in [1.54, 1.807) is 24.4 Å². The molecule has 0 radical (unpaired) electrons. The van der Waals surface area contributed by atoms with Crippen molar-refractivity contribution in [3.63, 3.8) is 0 Å². The molecule has 0 spiro atoms. The van der Waals surface area contributed by atoms with Crippen molar-refractivity contribution in [2.24, 2.45) is 0 Å². The second kappa shape index (κ2) is 11.6. The highest BCUT2D eigenvalue weighted by molar-refractivity contribution is 5.84. The number of fused-ring (bicyclic) bond motifs is 1. The van der Waals surface area contributed by atoms with E-state index in [0.717, 1.165) is 42.3 Å². The Kier molecular flexibility index (Phi) is 8.05. The fraction of sp³-hybridized carbons (Fsp3) is 0.233. The Labute approximate surface area is 203 Å². The van der Waals surface area contributed by atoms with Crippen LogP contribution in [-0.4, -0.2) is 11.6 Å². The summed E-state index contributed by atoms with van der Waals surface area (Å²) in [7, 11) is 0. The summed E-state index contributed by atoms with van der Waals surface area (Å²) in [5.74, 6) is 4.33. The van der Waals surface area contributed by atoms with Gasteiger partial charge >= 0.3 is 0 Å². The Morgan fingerprint density at radius 2 is 1.71 bits per heavy atom. The van der Waals surface area contributed by atoms with E-state index in [0.29, 0.717) is 30.4 Å². The zero-order valence-electron chi connectivity index (χ0n) is 19.6. The summed E-state index contributed by atoms with van der Waals surface area (Å²) in [6.07, 6.45) is 6.42. The molecule has 0 fully saturated rings. The van der Waals surface area contributed by atoms with Gasteiger partial charge in [0.15, 0.2) is 11.6 Å². The van der Waals surface area contributed by atoms with Crippen molar-refractivity contribution >= 4 is 10.8 Å². The maximum Gasteiger partial charge on any atom is 0.166 e. The van der Waals surface area contributed by atoms with Crippen molar-refractivity contribution < 1.29 is 17.9 Å². The molecule has 0 atom stereocenters. The second-order valence-corrected chi connectivity index (χ2v) is 8.40. The Balaban J connectivity index is 1.37. The van der Waals surface area contributed by atoms with Crippen molar-refractivity contribution in [3.8, 4) is 17.6 Å². The van der Waals surface area contributed by atoms with Crippen LogP contribution in [0.1, 0.15) is 48.6 Å². The number of halogens is 3. The molecule has 178 valence electrons. The van der Waals surface area contributed by atoms with E-state index in [1.807, 2.05) is 18.2 Å². The standard InChI is InChI=1S/C30H26F3NO/c1-2-3-4-17-35-26-14-13-25(34-20-26)12-7-22-6-10-23(29(32)19-22)9-5-21-8-15-27-24(18-21)11-16-28(31)30(27)33/h6,8,10-11,13-16,18-20H,2-4,7,12,17H2,1H3. The third kappa shape index (κ3) is 6.42. The lowest BCUT2D eigenvalue weighted by atomic mass is 10.0. The number of ether oxygens (including phenoxy) is 1. The molecule has 1 heterocycles. The molecule has 3 aromatic carbocycles. The maximum atomic E-state index is 14.6. The SMILES string of the molecule is CCCCCOc1ccc(CCc2ccc(C#Cc3ccc4c(F)c(F)ccc4c3)c(F)c2)nc1. The largest absolute Gasteiger partial charge is 0.492 e. The van der Waals surface area contributed by atoms with Crippen LogP contribution in [0.4, 0.5) is 13.2 Å². The number of nitrogens with zero attached hydrogens (tertiary/aromatic N) is 1. The van der Waals surface area contributed by atoms with Gasteiger partial charge in [-0.05, 0) is 72.7 Å². The van der Waals surface area contributed by atoms with E-state index < -0.39 is 17.5 Å². The first-order valence-corrected chi connectivity index (χ1v) is 11.8. The van der Waals surface area contributed by atoms with E-state index >= 15 is 0 Å². The topological polar surface area (TPSA) is 22.1 Å². The molecule has 35 heavy (non-hydrogen) atoms. The molecule has 0 saturated carbocycles. The van der Waals surface area contributed by atoms with Gasteiger partial charge in [-0.15, -0.1) is 0 Å². The van der Waals surface area contributed by atoms with Gasteiger partial charge in [-0.3, -0.25) is 4.98 Å². The lowest BCUT2D eigenvalue weighted by Crippen LogP contribution is -1.99. The smallest absolute Gasteiger partial charge is 0.166 e. The molecular weight excluding hydrogens is 447 g/mol. The van der Waals surface area contributed by atoms with Gasteiger partial charge in [-0.25, -0.2) is 13.2 Å². The minimum atomic E-state index is -0.891. The van der Waals surface area contributed by atoms with Gasteiger partial charge in [0.2, 0.25) is 0 Å². The van der Waals surface area contributed by atoms with Crippen LogP contribution >= 0.6 is 0 Å². The second-order valence-electron chi connectivity index (χ2n) is 8.40. The molecule has 0 unspecified atom stereocenters. The summed E-state index contributed by atoms with van der Waals surface area (Å²) >= 11 is 0. The zero-order chi connectivity index (χ0) is 24.6. The molecule has 4 rings (SSSR count). The Morgan fingerprint density at radius 1 is 0.829 bits per heavy atom. The highest BCUT2D eigenvalue weighted by Crippen LogP contribution is 2.21. The Bertz CT molecular complexity index is 1370. The monoisotopic (exact) mass is 473 g/mol. The third-order valence-electron chi connectivity index (χ3n) is 5.77. The van der Waals surface area contributed by atoms with Gasteiger partial charge in [0.05, 0.1) is 18.4 Å². The van der Waals surface area contributed by atoms with E-state index in [4.69, 9.17) is 4.74 Å². The molecule has 1 aromatic heterocycles. The van der Waals surface area contributed by atoms with Crippen LogP contribution in [0.25, 0.3) is 10.8 Å². The fourth-order valence-electron chi connectivity index (χ4n) is 3.76. The molecule has 0 aliphatic carbocycles. The number of aromatic nitrogens is 1. The van der Waals surface area contributed by atoms with E-state index in [2.05, 4.69) is 23.7 Å². The first-order valence-electron chi connectivity index (χ1n) is 11.8. The van der Waals surface area contributed by atoms with Gasteiger partial charge < -0.3 is 4.74 Å². The van der Waals surface area contributed by atoms with Crippen LogP contribution in [0, 0.1) is 29.3 Å². The lowest BCUT2D eigenvalue weighted by molar-refractivity contribution is 0.305. The van der Waals surface area contributed by atoms with Crippen LogP contribution in [0.2, 0.25) is 0 Å². The fourth-order valence-corrected chi connectivity index (χ4v) is 3.76. The minimum Gasteiger partial charge on any atom is -0.492 e. The predicted octanol–water partition coefficient (Wildman–Crippen LogP) is 7.41. The summed E-state index contributed by atoms with van der Waals surface area (Å²) in [6, 6.07) is 16.2. The van der Waals surface area contributed by atoms with Crippen LogP contribution < -0.4 is 4.74 Å². The normalized spacial score (nSPS) is 10.7. The molecule has 0 aliphatic rings. The lowest BCUT2D eigenvalue weighted by Gasteiger charge is -2.07. The molecule has 2 nitrogen and oxygen atoms in total. The summed E-state index contributed by atoms with van der Waals surface area (Å²) in [6.45, 7) is 2.85. The summed E-state index contributed by atoms with van der Waals surface area (Å²) in [4.78, 5) is 4.44. The van der Waals surface area contributed by atoms with Crippen LogP contribution in [0.15, 0.2) is 66.9 Å². The molecule has 0 N–H and O–H groups in total. The van der Waals surface area contributed by atoms with Crippen molar-refractivity contribution in [3.05, 3.63) is 107 Å². The van der Waals surface area contributed by atoms with E-state index in [1.165, 1.54) is 18.2 Å². The number of unbranched alkanes of at least 4 members (excludes halogenated alkanes) is 2. The minimum absolute atomic E-state index is 0.190. The van der Waals surface area contributed by atoms with Crippen LogP contribution in [-0.2, 0) is 12.8 Å². The number of hydrogen-bond donors (Lipinski definition) is 0. The van der Waals surface area contributed by atoms with Crippen molar-refractivity contribution in [2.45, 2.75) is 39.0 Å². The third-order valence-corrected chi connectivity index (χ3v) is 5.77. The average Bonchev–Trinajstić information content (AvgIpc) is 2.88. The summed E-state index contributed by atoms with van der Waals surface area (Å²) in [5.41, 5.74) is 2.65. The quantitative estimate of drug-likeness (QED) is 0.196. The zero-order valence-corrected chi connectivity index (χ0v) is 19.6. The highest BCUT2D eigenvalue weighted by atomic mass is 19.2. The molecule has 0 aliphatic heterocycles. The van der Waals surface area contributed by atoms with Gasteiger partial charge in [0.1, 0.15) is 11.6 Å². The Morgan fingerprint density at radius 3 is 2.49 bits per heavy atom. The van der Waals surface area contributed by atoms with Crippen molar-refractivity contribution in [1.82, 2.24) is 4.98 Å². The van der Waals surface area contributed by atoms with Crippen molar-refractivity contribution in [2.75, 3.05) is 6.61 Å². The van der Waals surface area contributed by atoms with Gasteiger partial charge in [0, 0.05) is 16.6 Å². The molecule has 0 amide bonds. The molecule has 0 saturated heterocycles. The first-order chi connectivity index (χ1) is 17.0. The number of hydrogen-bond acceptors (Lipinski definition) is 2. The summed E-state index contributed by atoms with van der Waals surface area (Å²) < 4.78 is 47.5. The molecule has 5 heteroatoms. The molecule has 0 bridgehead atoms. The van der Waals surface area contributed by atoms with Gasteiger partial charge in [-0.2, -0.15) is 0 Å². The van der Waals surface area contributed by atoms with Crippen molar-refractivity contribution in [1.29, 1.82) is 0 Å². The predicted molar refractivity (Wildman–Crippen MR) is 133 cm³/mol. The molecule has 4 aromatic rings. The van der Waals surface area contributed by atoms with Crippen LogP contribution in [0.5, 0.6) is 5.75 Å². The van der Waals surface area contributed by atoms with E-state index in [-0.39, 0.29) is 10.9 Å². The van der Waals surface area contributed by atoms with Gasteiger partial charge in [0.25, 0.3) is 0 Å². The van der Waals surface area contributed by atoms with Gasteiger partial charge in [-0.1, -0.05) is 49.8 Å². The number of rotatable bonds is 8. The number of benzene rings is 3. The average molecular weight is 474 g/mol. The van der Waals surface area contributed by atoms with E-state index in [9.17, 15) is 13.2 Å². The maximum absolute atomic E-state index is 14.6.